The quantitative estimate of drug-likeness (QED) is 0.753. The maximum absolute atomic E-state index is 12.2. The number of amides is 2. The molecule has 0 bridgehead atoms. The van der Waals surface area contributed by atoms with Crippen molar-refractivity contribution in [3.05, 3.63) is 35.3 Å². The van der Waals surface area contributed by atoms with E-state index in [1.165, 1.54) is 0 Å². The first-order chi connectivity index (χ1) is 11.0. The van der Waals surface area contributed by atoms with Crippen molar-refractivity contribution in [2.24, 2.45) is 0 Å². The minimum atomic E-state index is -0.414. The molecule has 1 unspecified atom stereocenters. The van der Waals surface area contributed by atoms with E-state index in [2.05, 4.69) is 15.6 Å². The summed E-state index contributed by atoms with van der Waals surface area (Å²) in [7, 11) is 0. The van der Waals surface area contributed by atoms with Crippen molar-refractivity contribution in [2.75, 3.05) is 11.9 Å². The van der Waals surface area contributed by atoms with Crippen LogP contribution in [0.25, 0.3) is 10.6 Å². The molecule has 3 N–H and O–H groups in total. The molecule has 0 saturated carbocycles. The second-order valence-electron chi connectivity index (χ2n) is 5.84. The number of carbonyl (C=O) groups excluding carboxylic acids is 1. The molecule has 0 saturated heterocycles. The number of carbonyl (C=O) groups is 1. The number of urea groups is 1. The molecule has 0 aliphatic carbocycles. The average molecular weight is 333 g/mol. The molecule has 1 heterocycles. The molecule has 2 aromatic rings. The Kier molecular flexibility index (Phi) is 5.74. The lowest BCUT2D eigenvalue weighted by molar-refractivity contribution is 0.208. The molecule has 1 aromatic carbocycles. The van der Waals surface area contributed by atoms with Crippen LogP contribution in [0.3, 0.4) is 0 Å². The second kappa shape index (κ2) is 7.57. The largest absolute Gasteiger partial charge is 0.396 e. The number of aliphatic hydroxyl groups excluding tert-OH is 1. The summed E-state index contributed by atoms with van der Waals surface area (Å²) >= 11 is 1.58. The minimum absolute atomic E-state index is 0.0451. The Balaban J connectivity index is 2.07. The molecule has 1 aromatic heterocycles. The summed E-state index contributed by atoms with van der Waals surface area (Å²) in [5.41, 5.74) is 2.27. The highest BCUT2D eigenvalue weighted by molar-refractivity contribution is 7.13. The van der Waals surface area contributed by atoms with Crippen LogP contribution in [0.2, 0.25) is 0 Å². The third kappa shape index (κ3) is 4.77. The van der Waals surface area contributed by atoms with Crippen LogP contribution >= 0.6 is 11.3 Å². The summed E-state index contributed by atoms with van der Waals surface area (Å²) in [6.07, 6.45) is 1.27. The number of benzene rings is 1. The number of aliphatic hydroxyl groups is 1. The van der Waals surface area contributed by atoms with Crippen molar-refractivity contribution in [1.82, 2.24) is 10.3 Å². The highest BCUT2D eigenvalue weighted by atomic mass is 32.1. The maximum atomic E-state index is 12.2. The fraction of sp³-hybridized carbons (Fsp3) is 0.412. The van der Waals surface area contributed by atoms with Gasteiger partial charge in [-0.1, -0.05) is 19.1 Å². The molecule has 6 heteroatoms. The van der Waals surface area contributed by atoms with Crippen LogP contribution in [0.5, 0.6) is 0 Å². The second-order valence-corrected chi connectivity index (χ2v) is 6.70. The molecule has 0 spiro atoms. The van der Waals surface area contributed by atoms with Crippen molar-refractivity contribution in [2.45, 2.75) is 39.2 Å². The van der Waals surface area contributed by atoms with Crippen LogP contribution in [0.1, 0.15) is 32.4 Å². The number of anilines is 1. The lowest BCUT2D eigenvalue weighted by Gasteiger charge is -2.29. The Morgan fingerprint density at radius 3 is 2.83 bits per heavy atom. The van der Waals surface area contributed by atoms with E-state index >= 15 is 0 Å². The zero-order valence-electron chi connectivity index (χ0n) is 13.7. The predicted octanol–water partition coefficient (Wildman–Crippen LogP) is 3.79. The molecule has 2 rings (SSSR count). The summed E-state index contributed by atoms with van der Waals surface area (Å²) in [4.78, 5) is 16.7. The first kappa shape index (κ1) is 17.4. The highest BCUT2D eigenvalue weighted by Crippen LogP contribution is 2.26. The molecule has 1 atom stereocenters. The number of nitrogens with one attached hydrogen (secondary N) is 2. The Bertz CT molecular complexity index is 671. The van der Waals surface area contributed by atoms with Gasteiger partial charge in [-0.25, -0.2) is 9.78 Å². The SMILES string of the molecule is CCC(C)(CCO)NC(=O)Nc1cccc(-c2nc(C)cs2)c1. The third-order valence-corrected chi connectivity index (χ3v) is 4.85. The van der Waals surface area contributed by atoms with E-state index in [4.69, 9.17) is 5.11 Å². The van der Waals surface area contributed by atoms with Crippen molar-refractivity contribution >= 4 is 23.1 Å². The molecule has 0 aliphatic heterocycles. The van der Waals surface area contributed by atoms with Gasteiger partial charge in [-0.3, -0.25) is 0 Å². The van der Waals surface area contributed by atoms with Crippen LogP contribution in [0.15, 0.2) is 29.6 Å². The lowest BCUT2D eigenvalue weighted by atomic mass is 9.95. The standard InChI is InChI=1S/C17H23N3O2S/c1-4-17(3,8-9-21)20-16(22)19-14-7-5-6-13(10-14)15-18-12(2)11-23-15/h5-7,10-11,21H,4,8-9H2,1-3H3,(H2,19,20,22). The minimum Gasteiger partial charge on any atom is -0.396 e. The van der Waals surface area contributed by atoms with Gasteiger partial charge in [0.1, 0.15) is 5.01 Å². The zero-order chi connectivity index (χ0) is 16.9. The van der Waals surface area contributed by atoms with Gasteiger partial charge in [-0.2, -0.15) is 0 Å². The molecular formula is C17H23N3O2S. The number of hydrogen-bond donors (Lipinski definition) is 3. The molecule has 124 valence electrons. The maximum Gasteiger partial charge on any atom is 0.319 e. The molecule has 2 amide bonds. The van der Waals surface area contributed by atoms with Gasteiger partial charge in [-0.15, -0.1) is 11.3 Å². The number of aromatic nitrogens is 1. The summed E-state index contributed by atoms with van der Waals surface area (Å²) < 4.78 is 0. The number of nitrogens with zero attached hydrogens (tertiary/aromatic N) is 1. The van der Waals surface area contributed by atoms with Crippen molar-refractivity contribution in [3.63, 3.8) is 0 Å². The number of aryl methyl sites for hydroxylation is 1. The van der Waals surface area contributed by atoms with Gasteiger partial charge in [0.2, 0.25) is 0 Å². The summed E-state index contributed by atoms with van der Waals surface area (Å²) in [5.74, 6) is 0. The van der Waals surface area contributed by atoms with E-state index in [0.717, 1.165) is 28.4 Å². The smallest absolute Gasteiger partial charge is 0.319 e. The lowest BCUT2D eigenvalue weighted by Crippen LogP contribution is -2.48. The van der Waals surface area contributed by atoms with Crippen LogP contribution in [-0.4, -0.2) is 28.3 Å². The molecule has 5 nitrogen and oxygen atoms in total. The van der Waals surface area contributed by atoms with Gasteiger partial charge in [0.15, 0.2) is 0 Å². The third-order valence-electron chi connectivity index (χ3n) is 3.85. The van der Waals surface area contributed by atoms with E-state index < -0.39 is 5.54 Å². The van der Waals surface area contributed by atoms with E-state index in [1.807, 2.05) is 50.4 Å². The van der Waals surface area contributed by atoms with Crippen molar-refractivity contribution in [3.8, 4) is 10.6 Å². The molecule has 0 radical (unpaired) electrons. The van der Waals surface area contributed by atoms with Gasteiger partial charge in [0, 0.05) is 34.5 Å². The van der Waals surface area contributed by atoms with Gasteiger partial charge >= 0.3 is 6.03 Å². The van der Waals surface area contributed by atoms with Gasteiger partial charge in [0.25, 0.3) is 0 Å². The first-order valence-corrected chi connectivity index (χ1v) is 8.56. The molecule has 0 aliphatic rings. The number of thiazole rings is 1. The summed E-state index contributed by atoms with van der Waals surface area (Å²) in [6.45, 7) is 5.92. The Morgan fingerprint density at radius 2 is 2.22 bits per heavy atom. The van der Waals surface area contributed by atoms with Gasteiger partial charge < -0.3 is 15.7 Å². The van der Waals surface area contributed by atoms with E-state index in [9.17, 15) is 4.79 Å². The highest BCUT2D eigenvalue weighted by Gasteiger charge is 2.23. The topological polar surface area (TPSA) is 74.2 Å². The average Bonchev–Trinajstić information content (AvgIpc) is 2.94. The fourth-order valence-corrected chi connectivity index (χ4v) is 3.02. The Morgan fingerprint density at radius 1 is 1.43 bits per heavy atom. The van der Waals surface area contributed by atoms with Crippen LogP contribution in [0, 0.1) is 6.92 Å². The Labute approximate surface area is 140 Å². The number of rotatable bonds is 6. The van der Waals surface area contributed by atoms with E-state index in [-0.39, 0.29) is 12.6 Å². The van der Waals surface area contributed by atoms with Gasteiger partial charge in [-0.05, 0) is 38.8 Å². The fourth-order valence-electron chi connectivity index (χ4n) is 2.23. The summed E-state index contributed by atoms with van der Waals surface area (Å²) in [5, 5.41) is 17.8. The number of hydrogen-bond acceptors (Lipinski definition) is 4. The molecule has 0 fully saturated rings. The summed E-state index contributed by atoms with van der Waals surface area (Å²) in [6, 6.07) is 7.36. The van der Waals surface area contributed by atoms with Crippen LogP contribution in [0.4, 0.5) is 10.5 Å². The molecular weight excluding hydrogens is 310 g/mol. The van der Waals surface area contributed by atoms with Crippen LogP contribution in [-0.2, 0) is 0 Å². The van der Waals surface area contributed by atoms with Crippen molar-refractivity contribution in [1.29, 1.82) is 0 Å². The first-order valence-electron chi connectivity index (χ1n) is 7.68. The Hall–Kier alpha value is -1.92. The monoisotopic (exact) mass is 333 g/mol. The molecule has 23 heavy (non-hydrogen) atoms. The zero-order valence-corrected chi connectivity index (χ0v) is 14.5. The van der Waals surface area contributed by atoms with E-state index in [0.29, 0.717) is 6.42 Å². The van der Waals surface area contributed by atoms with Crippen LogP contribution < -0.4 is 10.6 Å². The van der Waals surface area contributed by atoms with E-state index in [1.54, 1.807) is 11.3 Å². The van der Waals surface area contributed by atoms with Crippen molar-refractivity contribution < 1.29 is 9.90 Å². The normalized spacial score (nSPS) is 13.4. The predicted molar refractivity (Wildman–Crippen MR) is 94.8 cm³/mol. The van der Waals surface area contributed by atoms with Gasteiger partial charge in [0.05, 0.1) is 0 Å².